The maximum atomic E-state index is 11.8. The van der Waals surface area contributed by atoms with Crippen molar-refractivity contribution in [2.75, 3.05) is 6.54 Å². The molecular weight excluding hydrogens is 245 g/mol. The zero-order valence-electron chi connectivity index (χ0n) is 11.2. The van der Waals surface area contributed by atoms with Gasteiger partial charge in [-0.05, 0) is 18.3 Å². The van der Waals surface area contributed by atoms with E-state index < -0.39 is 12.6 Å². The third kappa shape index (κ3) is 11.7. The number of nitrogens with two attached hydrogens (primary N) is 1. The van der Waals surface area contributed by atoms with Crippen LogP contribution in [0.25, 0.3) is 0 Å². The van der Waals surface area contributed by atoms with E-state index in [-0.39, 0.29) is 36.8 Å². The van der Waals surface area contributed by atoms with E-state index >= 15 is 0 Å². The highest BCUT2D eigenvalue weighted by molar-refractivity contribution is 5.76. The summed E-state index contributed by atoms with van der Waals surface area (Å²) in [5.74, 6) is -0.283. The summed E-state index contributed by atoms with van der Waals surface area (Å²) in [6.07, 6.45) is -4.27. The van der Waals surface area contributed by atoms with Gasteiger partial charge in [0.2, 0.25) is 5.91 Å². The standard InChI is InChI=1S/C12H23F3N2O/c1-11(2,3)8-9(16)7-10(18)17-6-4-5-12(13,14)15/h9H,4-8,16H2,1-3H3,(H,17,18). The van der Waals surface area contributed by atoms with Crippen LogP contribution in [0.2, 0.25) is 0 Å². The predicted molar refractivity (Wildman–Crippen MR) is 65.0 cm³/mol. The predicted octanol–water partition coefficient (Wildman–Crippen LogP) is 2.60. The first kappa shape index (κ1) is 17.2. The molecule has 1 unspecified atom stereocenters. The van der Waals surface area contributed by atoms with Gasteiger partial charge in [-0.15, -0.1) is 0 Å². The van der Waals surface area contributed by atoms with Crippen LogP contribution in [0.4, 0.5) is 13.2 Å². The maximum Gasteiger partial charge on any atom is 0.389 e. The first-order chi connectivity index (χ1) is 7.99. The lowest BCUT2D eigenvalue weighted by atomic mass is 9.87. The molecule has 0 fully saturated rings. The number of alkyl halides is 3. The number of carbonyl (C=O) groups excluding carboxylic acids is 1. The van der Waals surface area contributed by atoms with E-state index in [9.17, 15) is 18.0 Å². The Bertz CT molecular complexity index is 259. The second-order valence-electron chi connectivity index (χ2n) is 5.80. The largest absolute Gasteiger partial charge is 0.389 e. The normalized spacial score (nSPS) is 14.4. The van der Waals surface area contributed by atoms with Gasteiger partial charge in [-0.25, -0.2) is 0 Å². The molecule has 0 rings (SSSR count). The number of nitrogens with one attached hydrogen (secondary N) is 1. The summed E-state index contributed by atoms with van der Waals surface area (Å²) in [7, 11) is 0. The lowest BCUT2D eigenvalue weighted by Crippen LogP contribution is -2.34. The van der Waals surface area contributed by atoms with Crippen molar-refractivity contribution in [3.05, 3.63) is 0 Å². The Morgan fingerprint density at radius 2 is 1.83 bits per heavy atom. The lowest BCUT2D eigenvalue weighted by molar-refractivity contribution is -0.136. The molecular formula is C12H23F3N2O. The molecule has 0 heterocycles. The second kappa shape index (κ2) is 6.97. The van der Waals surface area contributed by atoms with E-state index in [1.165, 1.54) is 0 Å². The molecule has 0 aliphatic heterocycles. The van der Waals surface area contributed by atoms with Crippen LogP contribution >= 0.6 is 0 Å². The highest BCUT2D eigenvalue weighted by Gasteiger charge is 2.26. The van der Waals surface area contributed by atoms with Gasteiger partial charge < -0.3 is 11.1 Å². The van der Waals surface area contributed by atoms with Crippen molar-refractivity contribution < 1.29 is 18.0 Å². The minimum absolute atomic E-state index is 0.0377. The fourth-order valence-corrected chi connectivity index (χ4v) is 1.69. The van der Waals surface area contributed by atoms with Crippen molar-refractivity contribution in [1.82, 2.24) is 5.32 Å². The van der Waals surface area contributed by atoms with E-state index in [1.807, 2.05) is 20.8 Å². The fraction of sp³-hybridized carbons (Fsp3) is 0.917. The summed E-state index contributed by atoms with van der Waals surface area (Å²) >= 11 is 0. The molecule has 0 aromatic carbocycles. The molecule has 0 bridgehead atoms. The molecule has 3 nitrogen and oxygen atoms in total. The number of halogens is 3. The van der Waals surface area contributed by atoms with Crippen molar-refractivity contribution in [2.45, 2.75) is 58.7 Å². The first-order valence-corrected chi connectivity index (χ1v) is 6.09. The van der Waals surface area contributed by atoms with Crippen LogP contribution < -0.4 is 11.1 Å². The third-order valence-corrected chi connectivity index (χ3v) is 2.28. The minimum atomic E-state index is -4.16. The highest BCUT2D eigenvalue weighted by atomic mass is 19.4. The Hall–Kier alpha value is -0.780. The van der Waals surface area contributed by atoms with Crippen molar-refractivity contribution in [3.8, 4) is 0 Å². The van der Waals surface area contributed by atoms with Crippen molar-refractivity contribution in [1.29, 1.82) is 0 Å². The van der Waals surface area contributed by atoms with Crippen LogP contribution in [-0.2, 0) is 4.79 Å². The summed E-state index contributed by atoms with van der Waals surface area (Å²) in [5, 5.41) is 2.45. The molecule has 1 atom stereocenters. The zero-order chi connectivity index (χ0) is 14.4. The molecule has 0 spiro atoms. The number of hydrogen-bond donors (Lipinski definition) is 2. The van der Waals surface area contributed by atoms with E-state index in [2.05, 4.69) is 5.32 Å². The molecule has 0 radical (unpaired) electrons. The summed E-state index contributed by atoms with van der Waals surface area (Å²) < 4.78 is 35.5. The van der Waals surface area contributed by atoms with Gasteiger partial charge in [0.1, 0.15) is 0 Å². The van der Waals surface area contributed by atoms with Crippen LogP contribution in [0, 0.1) is 5.41 Å². The van der Waals surface area contributed by atoms with Crippen LogP contribution in [0.15, 0.2) is 0 Å². The third-order valence-electron chi connectivity index (χ3n) is 2.28. The van der Waals surface area contributed by atoms with Gasteiger partial charge in [-0.1, -0.05) is 20.8 Å². The fourth-order valence-electron chi connectivity index (χ4n) is 1.69. The number of carbonyl (C=O) groups is 1. The molecule has 1 amide bonds. The van der Waals surface area contributed by atoms with E-state index in [1.54, 1.807) is 0 Å². The molecule has 0 aliphatic carbocycles. The van der Waals surface area contributed by atoms with Crippen LogP contribution in [0.1, 0.15) is 46.5 Å². The van der Waals surface area contributed by atoms with E-state index in [4.69, 9.17) is 5.73 Å². The van der Waals surface area contributed by atoms with Crippen molar-refractivity contribution in [2.24, 2.45) is 11.1 Å². The highest BCUT2D eigenvalue weighted by Crippen LogP contribution is 2.21. The van der Waals surface area contributed by atoms with Gasteiger partial charge in [0.05, 0.1) is 0 Å². The van der Waals surface area contributed by atoms with Crippen LogP contribution in [-0.4, -0.2) is 24.7 Å². The Morgan fingerprint density at radius 1 is 1.28 bits per heavy atom. The summed E-state index contributed by atoms with van der Waals surface area (Å²) in [5.41, 5.74) is 5.83. The zero-order valence-corrected chi connectivity index (χ0v) is 11.2. The molecule has 0 aliphatic rings. The number of amides is 1. The molecule has 0 aromatic rings. The smallest absolute Gasteiger partial charge is 0.356 e. The van der Waals surface area contributed by atoms with Crippen LogP contribution in [0.3, 0.4) is 0 Å². The SMILES string of the molecule is CC(C)(C)CC(N)CC(=O)NCCCC(F)(F)F. The molecule has 0 saturated heterocycles. The molecule has 108 valence electrons. The van der Waals surface area contributed by atoms with Gasteiger partial charge in [0.15, 0.2) is 0 Å². The average Bonchev–Trinajstić information content (AvgIpc) is 2.07. The number of rotatable bonds is 6. The average molecular weight is 268 g/mol. The van der Waals surface area contributed by atoms with Crippen molar-refractivity contribution in [3.63, 3.8) is 0 Å². The Kier molecular flexibility index (Phi) is 6.67. The summed E-state index contributed by atoms with van der Waals surface area (Å²) in [4.78, 5) is 11.4. The molecule has 3 N–H and O–H groups in total. The van der Waals surface area contributed by atoms with Crippen molar-refractivity contribution >= 4 is 5.91 Å². The van der Waals surface area contributed by atoms with Gasteiger partial charge in [0, 0.05) is 25.4 Å². The van der Waals surface area contributed by atoms with E-state index in [0.717, 1.165) is 0 Å². The number of hydrogen-bond acceptors (Lipinski definition) is 2. The minimum Gasteiger partial charge on any atom is -0.356 e. The summed E-state index contributed by atoms with van der Waals surface area (Å²) in [6.45, 7) is 6.11. The first-order valence-electron chi connectivity index (χ1n) is 6.09. The summed E-state index contributed by atoms with van der Waals surface area (Å²) in [6, 6.07) is -0.257. The quantitative estimate of drug-likeness (QED) is 0.727. The molecule has 0 saturated carbocycles. The van der Waals surface area contributed by atoms with Gasteiger partial charge >= 0.3 is 6.18 Å². The van der Waals surface area contributed by atoms with Crippen LogP contribution in [0.5, 0.6) is 0 Å². The lowest BCUT2D eigenvalue weighted by Gasteiger charge is -2.22. The Balaban J connectivity index is 3.72. The molecule has 0 aromatic heterocycles. The topological polar surface area (TPSA) is 55.1 Å². The second-order valence-corrected chi connectivity index (χ2v) is 5.80. The van der Waals surface area contributed by atoms with E-state index in [0.29, 0.717) is 6.42 Å². The Morgan fingerprint density at radius 3 is 2.28 bits per heavy atom. The Labute approximate surface area is 106 Å². The van der Waals surface area contributed by atoms with Gasteiger partial charge in [-0.3, -0.25) is 4.79 Å². The molecule has 6 heteroatoms. The maximum absolute atomic E-state index is 11.8. The monoisotopic (exact) mass is 268 g/mol. The molecule has 18 heavy (non-hydrogen) atoms. The van der Waals surface area contributed by atoms with Gasteiger partial charge in [0.25, 0.3) is 0 Å². The van der Waals surface area contributed by atoms with Gasteiger partial charge in [-0.2, -0.15) is 13.2 Å².